The van der Waals surface area contributed by atoms with Gasteiger partial charge in [0.25, 0.3) is 0 Å². The van der Waals surface area contributed by atoms with Gasteiger partial charge in [-0.05, 0) is 35.4 Å². The Morgan fingerprint density at radius 2 is 0.884 bits per heavy atom. The summed E-state index contributed by atoms with van der Waals surface area (Å²) in [6.45, 7) is 0. The van der Waals surface area contributed by atoms with Gasteiger partial charge in [0.05, 0.1) is 11.0 Å². The molecule has 0 amide bonds. The first-order chi connectivity index (χ1) is 21.3. The standard InChI is InChI=1S/C39H26N4/c1-4-14-27(15-5-1)31-20-10-11-22-34(31)39-41-37(28-16-6-2-7-17-28)40-38(42-39)29-24-25-33-32-21-12-13-23-35(32)43(36(33)26-29)30-18-8-3-9-19-30/h1-26H. The van der Waals surface area contributed by atoms with Gasteiger partial charge in [0, 0.05) is 33.2 Å². The normalized spacial score (nSPS) is 11.3. The van der Waals surface area contributed by atoms with Crippen LogP contribution in [0.5, 0.6) is 0 Å². The van der Waals surface area contributed by atoms with Gasteiger partial charge in [-0.1, -0.05) is 133 Å². The lowest BCUT2D eigenvalue weighted by molar-refractivity contribution is 1.07. The summed E-state index contributed by atoms with van der Waals surface area (Å²) in [4.78, 5) is 15.2. The van der Waals surface area contributed by atoms with Crippen LogP contribution >= 0.6 is 0 Å². The molecule has 8 rings (SSSR count). The minimum atomic E-state index is 0.637. The average Bonchev–Trinajstić information content (AvgIpc) is 3.43. The molecule has 0 saturated heterocycles. The Morgan fingerprint density at radius 1 is 0.349 bits per heavy atom. The molecule has 0 aliphatic heterocycles. The number of hydrogen-bond donors (Lipinski definition) is 0. The largest absolute Gasteiger partial charge is 0.309 e. The van der Waals surface area contributed by atoms with Crippen molar-refractivity contribution in [2.75, 3.05) is 0 Å². The fraction of sp³-hybridized carbons (Fsp3) is 0. The summed E-state index contributed by atoms with van der Waals surface area (Å²) in [7, 11) is 0. The minimum absolute atomic E-state index is 0.637. The first-order valence-electron chi connectivity index (χ1n) is 14.4. The maximum Gasteiger partial charge on any atom is 0.164 e. The second-order valence-electron chi connectivity index (χ2n) is 10.5. The summed E-state index contributed by atoms with van der Waals surface area (Å²) < 4.78 is 2.32. The van der Waals surface area contributed by atoms with E-state index in [1.807, 2.05) is 48.5 Å². The van der Waals surface area contributed by atoms with Crippen LogP contribution in [0.1, 0.15) is 0 Å². The zero-order valence-electron chi connectivity index (χ0n) is 23.3. The van der Waals surface area contributed by atoms with Crippen LogP contribution in [0.15, 0.2) is 158 Å². The molecular weight excluding hydrogens is 524 g/mol. The zero-order valence-corrected chi connectivity index (χ0v) is 23.3. The summed E-state index contributed by atoms with van der Waals surface area (Å²) in [6, 6.07) is 54.4. The smallest absolute Gasteiger partial charge is 0.164 e. The Kier molecular flexibility index (Phi) is 6.08. The highest BCUT2D eigenvalue weighted by molar-refractivity contribution is 6.10. The van der Waals surface area contributed by atoms with E-state index in [0.717, 1.165) is 39.0 Å². The molecule has 4 nitrogen and oxygen atoms in total. The van der Waals surface area contributed by atoms with Gasteiger partial charge < -0.3 is 4.57 Å². The molecular formula is C39H26N4. The van der Waals surface area contributed by atoms with Crippen molar-refractivity contribution in [3.05, 3.63) is 158 Å². The highest BCUT2D eigenvalue weighted by Crippen LogP contribution is 2.36. The number of para-hydroxylation sites is 2. The summed E-state index contributed by atoms with van der Waals surface area (Å²) >= 11 is 0. The van der Waals surface area contributed by atoms with Gasteiger partial charge in [-0.25, -0.2) is 15.0 Å². The van der Waals surface area contributed by atoms with Crippen molar-refractivity contribution in [1.82, 2.24) is 19.5 Å². The fourth-order valence-corrected chi connectivity index (χ4v) is 5.85. The molecule has 2 heterocycles. The third kappa shape index (κ3) is 4.46. The summed E-state index contributed by atoms with van der Waals surface area (Å²) in [5, 5.41) is 2.40. The molecule has 0 radical (unpaired) electrons. The second kappa shape index (κ2) is 10.5. The molecule has 202 valence electrons. The SMILES string of the molecule is c1ccc(-c2nc(-c3ccc4c5ccccc5n(-c5ccccc5)c4c3)nc(-c3ccccc3-c3ccccc3)n2)cc1. The number of benzene rings is 6. The van der Waals surface area contributed by atoms with E-state index in [1.54, 1.807) is 0 Å². The van der Waals surface area contributed by atoms with E-state index in [-0.39, 0.29) is 0 Å². The summed E-state index contributed by atoms with van der Waals surface area (Å²) in [5.41, 5.74) is 8.44. The molecule has 0 unspecified atom stereocenters. The average molecular weight is 551 g/mol. The van der Waals surface area contributed by atoms with Gasteiger partial charge in [0.2, 0.25) is 0 Å². The Balaban J connectivity index is 1.37. The van der Waals surface area contributed by atoms with Crippen LogP contribution in [-0.4, -0.2) is 19.5 Å². The second-order valence-corrected chi connectivity index (χ2v) is 10.5. The van der Waals surface area contributed by atoms with Crippen LogP contribution in [0, 0.1) is 0 Å². The number of aromatic nitrogens is 4. The topological polar surface area (TPSA) is 43.6 Å². The minimum Gasteiger partial charge on any atom is -0.309 e. The van der Waals surface area contributed by atoms with Crippen LogP contribution in [0.3, 0.4) is 0 Å². The third-order valence-corrected chi connectivity index (χ3v) is 7.87. The number of fused-ring (bicyclic) bond motifs is 3. The van der Waals surface area contributed by atoms with Crippen molar-refractivity contribution in [3.63, 3.8) is 0 Å². The highest BCUT2D eigenvalue weighted by Gasteiger charge is 2.18. The van der Waals surface area contributed by atoms with Crippen molar-refractivity contribution < 1.29 is 0 Å². The molecule has 0 spiro atoms. The van der Waals surface area contributed by atoms with Gasteiger partial charge >= 0.3 is 0 Å². The van der Waals surface area contributed by atoms with E-state index in [2.05, 4.69) is 114 Å². The molecule has 0 N–H and O–H groups in total. The van der Waals surface area contributed by atoms with Crippen molar-refractivity contribution in [3.8, 4) is 51.0 Å². The van der Waals surface area contributed by atoms with E-state index in [0.29, 0.717) is 17.5 Å². The Morgan fingerprint density at radius 3 is 1.63 bits per heavy atom. The van der Waals surface area contributed by atoms with Gasteiger partial charge in [0.1, 0.15) is 0 Å². The van der Waals surface area contributed by atoms with Gasteiger partial charge in [0.15, 0.2) is 17.5 Å². The number of nitrogens with zero attached hydrogens (tertiary/aromatic N) is 4. The Hall–Kier alpha value is -5.87. The lowest BCUT2D eigenvalue weighted by Crippen LogP contribution is -2.01. The van der Waals surface area contributed by atoms with Crippen LogP contribution in [0.4, 0.5) is 0 Å². The lowest BCUT2D eigenvalue weighted by Gasteiger charge is -2.12. The summed E-state index contributed by atoms with van der Waals surface area (Å²) in [5.74, 6) is 1.93. The maximum absolute atomic E-state index is 5.12. The van der Waals surface area contributed by atoms with E-state index in [4.69, 9.17) is 15.0 Å². The maximum atomic E-state index is 5.12. The number of hydrogen-bond acceptors (Lipinski definition) is 3. The van der Waals surface area contributed by atoms with E-state index >= 15 is 0 Å². The molecule has 4 heteroatoms. The molecule has 0 fully saturated rings. The predicted octanol–water partition coefficient (Wildman–Crippen LogP) is 9.64. The van der Waals surface area contributed by atoms with E-state index < -0.39 is 0 Å². The van der Waals surface area contributed by atoms with Crippen LogP contribution < -0.4 is 0 Å². The first kappa shape index (κ1) is 24.9. The van der Waals surface area contributed by atoms with Crippen molar-refractivity contribution in [2.24, 2.45) is 0 Å². The molecule has 8 aromatic rings. The zero-order chi connectivity index (χ0) is 28.6. The Labute approximate surface area is 249 Å². The predicted molar refractivity (Wildman–Crippen MR) is 176 cm³/mol. The van der Waals surface area contributed by atoms with Gasteiger partial charge in [-0.15, -0.1) is 0 Å². The molecule has 6 aromatic carbocycles. The Bertz CT molecular complexity index is 2220. The van der Waals surface area contributed by atoms with Crippen molar-refractivity contribution in [1.29, 1.82) is 0 Å². The first-order valence-corrected chi connectivity index (χ1v) is 14.4. The van der Waals surface area contributed by atoms with Gasteiger partial charge in [-0.2, -0.15) is 0 Å². The van der Waals surface area contributed by atoms with E-state index in [9.17, 15) is 0 Å². The molecule has 0 saturated carbocycles. The molecule has 0 aliphatic rings. The lowest BCUT2D eigenvalue weighted by atomic mass is 9.99. The molecule has 0 bridgehead atoms. The van der Waals surface area contributed by atoms with Crippen molar-refractivity contribution in [2.45, 2.75) is 0 Å². The monoisotopic (exact) mass is 550 g/mol. The third-order valence-electron chi connectivity index (χ3n) is 7.87. The van der Waals surface area contributed by atoms with Crippen LogP contribution in [0.25, 0.3) is 72.8 Å². The van der Waals surface area contributed by atoms with Crippen LogP contribution in [0.2, 0.25) is 0 Å². The highest BCUT2D eigenvalue weighted by atomic mass is 15.0. The summed E-state index contributed by atoms with van der Waals surface area (Å²) in [6.07, 6.45) is 0. The number of rotatable bonds is 5. The molecule has 43 heavy (non-hydrogen) atoms. The molecule has 0 atom stereocenters. The van der Waals surface area contributed by atoms with Crippen LogP contribution in [-0.2, 0) is 0 Å². The van der Waals surface area contributed by atoms with E-state index in [1.165, 1.54) is 16.3 Å². The van der Waals surface area contributed by atoms with Crippen molar-refractivity contribution >= 4 is 21.8 Å². The van der Waals surface area contributed by atoms with Gasteiger partial charge in [-0.3, -0.25) is 0 Å². The molecule has 2 aromatic heterocycles. The quantitative estimate of drug-likeness (QED) is 0.214. The molecule has 0 aliphatic carbocycles. The fourth-order valence-electron chi connectivity index (χ4n) is 5.85.